The molecule has 1 aromatic carbocycles. The van der Waals surface area contributed by atoms with E-state index in [9.17, 15) is 9.59 Å². The fourth-order valence-corrected chi connectivity index (χ4v) is 4.08. The number of amides is 2. The number of pyridine rings is 1. The van der Waals surface area contributed by atoms with E-state index in [1.165, 1.54) is 4.90 Å². The number of piperidine rings is 1. The van der Waals surface area contributed by atoms with Crippen molar-refractivity contribution in [1.29, 1.82) is 0 Å². The topological polar surface area (TPSA) is 62.7 Å². The lowest BCUT2D eigenvalue weighted by Gasteiger charge is -2.33. The molecule has 1 unspecified atom stereocenters. The van der Waals surface area contributed by atoms with Gasteiger partial charge < -0.3 is 9.64 Å². The van der Waals surface area contributed by atoms with E-state index in [1.807, 2.05) is 36.4 Å². The van der Waals surface area contributed by atoms with E-state index in [4.69, 9.17) is 4.74 Å². The second-order valence-electron chi connectivity index (χ2n) is 7.70. The Morgan fingerprint density at radius 1 is 1.07 bits per heavy atom. The highest BCUT2D eigenvalue weighted by Gasteiger charge is 2.42. The van der Waals surface area contributed by atoms with Crippen LogP contribution in [0.5, 0.6) is 5.75 Å². The Balaban J connectivity index is 1.73. The Hall–Kier alpha value is -3.15. The molecule has 150 valence electrons. The van der Waals surface area contributed by atoms with E-state index in [-0.39, 0.29) is 18.4 Å². The normalized spacial score (nSPS) is 19.9. The zero-order chi connectivity index (χ0) is 20.4. The number of ether oxygens (including phenoxy) is 1. The summed E-state index contributed by atoms with van der Waals surface area (Å²) in [5, 5.41) is 0. The standard InChI is InChI=1S/C23H25N3O3/c1-16-4-3-13-25(14-16)21-20(18-5-7-19(29-2)8-6-18)22(27)26(23(21)28)15-17-9-11-24-12-10-17/h5-12,16H,3-4,13-15H2,1-2H3. The molecule has 0 N–H and O–H groups in total. The predicted octanol–water partition coefficient (Wildman–Crippen LogP) is 3.10. The molecule has 4 rings (SSSR count). The number of hydrogen-bond donors (Lipinski definition) is 0. The Labute approximate surface area is 170 Å². The highest BCUT2D eigenvalue weighted by molar-refractivity contribution is 6.35. The summed E-state index contributed by atoms with van der Waals surface area (Å²) in [6.07, 6.45) is 5.51. The average Bonchev–Trinajstić information content (AvgIpc) is 2.99. The summed E-state index contributed by atoms with van der Waals surface area (Å²) in [6, 6.07) is 11.0. The lowest BCUT2D eigenvalue weighted by molar-refractivity contribution is -0.138. The summed E-state index contributed by atoms with van der Waals surface area (Å²) >= 11 is 0. The molecule has 1 fully saturated rings. The molecule has 1 atom stereocenters. The number of imide groups is 1. The van der Waals surface area contributed by atoms with Crippen molar-refractivity contribution in [3.63, 3.8) is 0 Å². The minimum absolute atomic E-state index is 0.216. The summed E-state index contributed by atoms with van der Waals surface area (Å²) in [5.74, 6) is 0.746. The maximum absolute atomic E-state index is 13.4. The molecule has 1 aromatic heterocycles. The molecule has 2 aliphatic heterocycles. The van der Waals surface area contributed by atoms with Crippen LogP contribution in [-0.2, 0) is 16.1 Å². The predicted molar refractivity (Wildman–Crippen MR) is 110 cm³/mol. The minimum atomic E-state index is -0.245. The van der Waals surface area contributed by atoms with Crippen molar-refractivity contribution in [2.45, 2.75) is 26.3 Å². The third kappa shape index (κ3) is 3.75. The number of carbonyl (C=O) groups is 2. The third-order valence-electron chi connectivity index (χ3n) is 5.59. The largest absolute Gasteiger partial charge is 0.497 e. The van der Waals surface area contributed by atoms with Gasteiger partial charge in [-0.1, -0.05) is 19.1 Å². The van der Waals surface area contributed by atoms with Crippen molar-refractivity contribution in [3.05, 3.63) is 65.6 Å². The second-order valence-corrected chi connectivity index (χ2v) is 7.70. The number of aromatic nitrogens is 1. The molecular weight excluding hydrogens is 366 g/mol. The first-order chi connectivity index (χ1) is 14.1. The molecule has 3 heterocycles. The van der Waals surface area contributed by atoms with Crippen LogP contribution in [0.15, 0.2) is 54.5 Å². The number of rotatable bonds is 5. The SMILES string of the molecule is COc1ccc(C2=C(N3CCCC(C)C3)C(=O)N(Cc3ccncc3)C2=O)cc1. The van der Waals surface area contributed by atoms with Crippen LogP contribution in [0.25, 0.3) is 5.57 Å². The van der Waals surface area contributed by atoms with Crippen LogP contribution in [-0.4, -0.2) is 46.8 Å². The minimum Gasteiger partial charge on any atom is -0.497 e. The first-order valence-corrected chi connectivity index (χ1v) is 9.97. The van der Waals surface area contributed by atoms with Gasteiger partial charge in [0.25, 0.3) is 11.8 Å². The first-order valence-electron chi connectivity index (χ1n) is 9.97. The van der Waals surface area contributed by atoms with Crippen LogP contribution >= 0.6 is 0 Å². The molecule has 0 radical (unpaired) electrons. The fraction of sp³-hybridized carbons (Fsp3) is 0.348. The summed E-state index contributed by atoms with van der Waals surface area (Å²) < 4.78 is 5.24. The molecule has 2 aromatic rings. The third-order valence-corrected chi connectivity index (χ3v) is 5.59. The van der Waals surface area contributed by atoms with Gasteiger partial charge in [0.05, 0.1) is 19.2 Å². The molecule has 0 bridgehead atoms. The quantitative estimate of drug-likeness (QED) is 0.733. The number of benzene rings is 1. The maximum Gasteiger partial charge on any atom is 0.278 e. The van der Waals surface area contributed by atoms with Crippen molar-refractivity contribution >= 4 is 17.4 Å². The van der Waals surface area contributed by atoms with Gasteiger partial charge in [-0.15, -0.1) is 0 Å². The highest BCUT2D eigenvalue weighted by atomic mass is 16.5. The number of methoxy groups -OCH3 is 1. The summed E-state index contributed by atoms with van der Waals surface area (Å²) in [4.78, 5) is 34.2. The van der Waals surface area contributed by atoms with Crippen molar-refractivity contribution in [2.75, 3.05) is 20.2 Å². The molecule has 0 aliphatic carbocycles. The molecule has 29 heavy (non-hydrogen) atoms. The monoisotopic (exact) mass is 391 g/mol. The molecule has 1 saturated heterocycles. The summed E-state index contributed by atoms with van der Waals surface area (Å²) in [6.45, 7) is 4.01. The van der Waals surface area contributed by atoms with Crippen LogP contribution in [0.1, 0.15) is 30.9 Å². The number of carbonyl (C=O) groups excluding carboxylic acids is 2. The zero-order valence-electron chi connectivity index (χ0n) is 16.8. The molecule has 0 spiro atoms. The van der Waals surface area contributed by atoms with Crippen LogP contribution in [0.2, 0.25) is 0 Å². The second kappa shape index (κ2) is 8.07. The van der Waals surface area contributed by atoms with Crippen molar-refractivity contribution in [3.8, 4) is 5.75 Å². The lowest BCUT2D eigenvalue weighted by atomic mass is 9.98. The number of nitrogens with zero attached hydrogens (tertiary/aromatic N) is 3. The zero-order valence-corrected chi connectivity index (χ0v) is 16.8. The van der Waals surface area contributed by atoms with Gasteiger partial charge in [-0.05, 0) is 54.2 Å². The van der Waals surface area contributed by atoms with Crippen LogP contribution in [0.4, 0.5) is 0 Å². The van der Waals surface area contributed by atoms with Gasteiger partial charge in [0.15, 0.2) is 0 Å². The van der Waals surface area contributed by atoms with E-state index in [1.54, 1.807) is 19.5 Å². The van der Waals surface area contributed by atoms with Gasteiger partial charge >= 0.3 is 0 Å². The van der Waals surface area contributed by atoms with E-state index in [0.29, 0.717) is 22.9 Å². The Kier molecular flexibility index (Phi) is 5.34. The molecule has 6 heteroatoms. The molecule has 2 aliphatic rings. The summed E-state index contributed by atoms with van der Waals surface area (Å²) in [5.41, 5.74) is 2.64. The van der Waals surface area contributed by atoms with E-state index in [0.717, 1.165) is 37.1 Å². The number of likely N-dealkylation sites (tertiary alicyclic amines) is 1. The molecular formula is C23H25N3O3. The van der Waals surface area contributed by atoms with E-state index >= 15 is 0 Å². The van der Waals surface area contributed by atoms with E-state index in [2.05, 4.69) is 16.8 Å². The summed E-state index contributed by atoms with van der Waals surface area (Å²) in [7, 11) is 1.61. The molecule has 0 saturated carbocycles. The number of hydrogen-bond acceptors (Lipinski definition) is 5. The molecule has 2 amide bonds. The van der Waals surface area contributed by atoms with Crippen molar-refractivity contribution < 1.29 is 14.3 Å². The Morgan fingerprint density at radius 2 is 1.79 bits per heavy atom. The average molecular weight is 391 g/mol. The van der Waals surface area contributed by atoms with Gasteiger partial charge in [0.2, 0.25) is 0 Å². The van der Waals surface area contributed by atoms with E-state index < -0.39 is 0 Å². The first kappa shape index (κ1) is 19.2. The van der Waals surface area contributed by atoms with Crippen LogP contribution in [0.3, 0.4) is 0 Å². The van der Waals surface area contributed by atoms with Crippen molar-refractivity contribution in [1.82, 2.24) is 14.8 Å². The van der Waals surface area contributed by atoms with Gasteiger partial charge in [-0.3, -0.25) is 19.5 Å². The fourth-order valence-electron chi connectivity index (χ4n) is 4.08. The smallest absolute Gasteiger partial charge is 0.278 e. The van der Waals surface area contributed by atoms with Crippen LogP contribution < -0.4 is 4.74 Å². The Morgan fingerprint density at radius 3 is 2.45 bits per heavy atom. The highest BCUT2D eigenvalue weighted by Crippen LogP contribution is 2.35. The van der Waals surface area contributed by atoms with Gasteiger partial charge in [0, 0.05) is 25.5 Å². The maximum atomic E-state index is 13.4. The molecule has 6 nitrogen and oxygen atoms in total. The van der Waals surface area contributed by atoms with Crippen LogP contribution in [0, 0.1) is 5.92 Å². The lowest BCUT2D eigenvalue weighted by Crippen LogP contribution is -2.39. The Bertz CT molecular complexity index is 938. The van der Waals surface area contributed by atoms with Gasteiger partial charge in [-0.2, -0.15) is 0 Å². The van der Waals surface area contributed by atoms with Gasteiger partial charge in [-0.25, -0.2) is 0 Å². The van der Waals surface area contributed by atoms with Gasteiger partial charge in [0.1, 0.15) is 11.4 Å². The van der Waals surface area contributed by atoms with Crippen molar-refractivity contribution in [2.24, 2.45) is 5.92 Å².